The monoisotopic (exact) mass is 304 g/mol. The lowest BCUT2D eigenvalue weighted by atomic mass is 9.85. The van der Waals surface area contributed by atoms with Crippen LogP contribution in [0.25, 0.3) is 0 Å². The van der Waals surface area contributed by atoms with Gasteiger partial charge in [-0.05, 0) is 26.1 Å². The molecule has 4 nitrogen and oxygen atoms in total. The van der Waals surface area contributed by atoms with E-state index in [9.17, 15) is 0 Å². The number of hydrogen-bond donors (Lipinski definition) is 2. The highest BCUT2D eigenvalue weighted by Crippen LogP contribution is 2.22. The highest BCUT2D eigenvalue weighted by atomic mass is 15.2. The molecule has 0 saturated heterocycles. The average molecular weight is 304 g/mol. The zero-order valence-electron chi connectivity index (χ0n) is 14.8. The van der Waals surface area contributed by atoms with E-state index in [0.717, 1.165) is 38.7 Å². The van der Waals surface area contributed by atoms with Crippen molar-refractivity contribution in [3.05, 3.63) is 35.9 Å². The molecule has 0 atom stereocenters. The lowest BCUT2D eigenvalue weighted by Crippen LogP contribution is -2.41. The van der Waals surface area contributed by atoms with Crippen molar-refractivity contribution >= 4 is 5.96 Å². The number of likely N-dealkylation sites (N-methyl/N-ethyl adjacent to an activating group) is 1. The molecule has 1 aromatic carbocycles. The van der Waals surface area contributed by atoms with Crippen LogP contribution >= 0.6 is 0 Å². The molecule has 1 aromatic rings. The number of hydrogen-bond acceptors (Lipinski definition) is 2. The highest BCUT2D eigenvalue weighted by Gasteiger charge is 2.19. The first-order chi connectivity index (χ1) is 10.5. The summed E-state index contributed by atoms with van der Waals surface area (Å²) in [6, 6.07) is 10.6. The Bertz CT molecular complexity index is 440. The summed E-state index contributed by atoms with van der Waals surface area (Å²) in [5, 5.41) is 6.73. The van der Waals surface area contributed by atoms with Crippen LogP contribution in [0.4, 0.5) is 0 Å². The van der Waals surface area contributed by atoms with Crippen LogP contribution < -0.4 is 10.6 Å². The molecule has 0 unspecified atom stereocenters. The summed E-state index contributed by atoms with van der Waals surface area (Å²) in [5.74, 6) is 0.899. The van der Waals surface area contributed by atoms with E-state index in [1.807, 2.05) is 0 Å². The third-order valence-electron chi connectivity index (χ3n) is 3.86. The van der Waals surface area contributed by atoms with Gasteiger partial charge in [0, 0.05) is 25.0 Å². The Morgan fingerprint density at radius 1 is 1.14 bits per heavy atom. The number of aliphatic imine (C=N–C) groups is 1. The predicted molar refractivity (Wildman–Crippen MR) is 96.6 cm³/mol. The van der Waals surface area contributed by atoms with Gasteiger partial charge in [-0.2, -0.15) is 0 Å². The Hall–Kier alpha value is -1.55. The van der Waals surface area contributed by atoms with Gasteiger partial charge in [-0.25, -0.2) is 0 Å². The Balaban J connectivity index is 2.61. The van der Waals surface area contributed by atoms with Gasteiger partial charge in [-0.15, -0.1) is 0 Å². The van der Waals surface area contributed by atoms with Gasteiger partial charge in [0.25, 0.3) is 0 Å². The first-order valence-electron chi connectivity index (χ1n) is 8.26. The van der Waals surface area contributed by atoms with Crippen LogP contribution in [0, 0.1) is 0 Å². The van der Waals surface area contributed by atoms with Crippen molar-refractivity contribution < 1.29 is 0 Å². The maximum absolute atomic E-state index is 4.76. The first kappa shape index (κ1) is 18.5. The lowest BCUT2D eigenvalue weighted by Gasteiger charge is -2.24. The number of nitrogens with one attached hydrogen (secondary N) is 2. The second-order valence-electron chi connectivity index (χ2n) is 6.27. The Morgan fingerprint density at radius 2 is 1.82 bits per heavy atom. The van der Waals surface area contributed by atoms with E-state index in [2.05, 4.69) is 80.6 Å². The summed E-state index contributed by atoms with van der Waals surface area (Å²) in [6.07, 6.45) is 0. The smallest absolute Gasteiger partial charge is 0.191 e. The Morgan fingerprint density at radius 3 is 2.41 bits per heavy atom. The quantitative estimate of drug-likeness (QED) is 0.572. The van der Waals surface area contributed by atoms with Crippen LogP contribution in [0.1, 0.15) is 33.3 Å². The van der Waals surface area contributed by atoms with Gasteiger partial charge in [0.2, 0.25) is 0 Å². The van der Waals surface area contributed by atoms with Crippen molar-refractivity contribution in [1.82, 2.24) is 15.5 Å². The van der Waals surface area contributed by atoms with Crippen LogP contribution in [0.2, 0.25) is 0 Å². The molecule has 0 bridgehead atoms. The lowest BCUT2D eigenvalue weighted by molar-refractivity contribution is 0.357. The van der Waals surface area contributed by atoms with Crippen LogP contribution in [-0.2, 0) is 5.41 Å². The van der Waals surface area contributed by atoms with E-state index in [-0.39, 0.29) is 5.41 Å². The number of rotatable bonds is 8. The number of nitrogens with zero attached hydrogens (tertiary/aromatic N) is 2. The minimum absolute atomic E-state index is 0.0316. The highest BCUT2D eigenvalue weighted by molar-refractivity contribution is 5.79. The average Bonchev–Trinajstić information content (AvgIpc) is 2.53. The molecule has 0 fully saturated rings. The third-order valence-corrected chi connectivity index (χ3v) is 3.86. The fraction of sp³-hybridized carbons (Fsp3) is 0.611. The SMILES string of the molecule is CCNC(=NCC(C)(C)c1ccccc1)NCCN(C)CC. The van der Waals surface area contributed by atoms with Gasteiger partial charge in [-0.1, -0.05) is 51.1 Å². The molecule has 2 N–H and O–H groups in total. The summed E-state index contributed by atoms with van der Waals surface area (Å²) in [5.41, 5.74) is 1.35. The second-order valence-corrected chi connectivity index (χ2v) is 6.27. The topological polar surface area (TPSA) is 39.7 Å². The van der Waals surface area contributed by atoms with Crippen LogP contribution in [0.3, 0.4) is 0 Å². The van der Waals surface area contributed by atoms with Crippen molar-refractivity contribution in [2.24, 2.45) is 4.99 Å². The van der Waals surface area contributed by atoms with Crippen molar-refractivity contribution in [2.45, 2.75) is 33.1 Å². The first-order valence-corrected chi connectivity index (χ1v) is 8.26. The molecule has 0 aliphatic heterocycles. The molecule has 0 aliphatic rings. The molecule has 0 spiro atoms. The molecule has 124 valence electrons. The normalized spacial score (nSPS) is 12.5. The summed E-state index contributed by atoms with van der Waals surface area (Å²) in [6.45, 7) is 13.4. The fourth-order valence-electron chi connectivity index (χ4n) is 2.12. The minimum Gasteiger partial charge on any atom is -0.357 e. The van der Waals surface area contributed by atoms with E-state index >= 15 is 0 Å². The summed E-state index contributed by atoms with van der Waals surface area (Å²) >= 11 is 0. The second kappa shape index (κ2) is 9.46. The maximum atomic E-state index is 4.76. The van der Waals surface area contributed by atoms with Crippen LogP contribution in [0.5, 0.6) is 0 Å². The minimum atomic E-state index is 0.0316. The molecule has 0 amide bonds. The molecular formula is C18H32N4. The van der Waals surface area contributed by atoms with Crippen LogP contribution in [0.15, 0.2) is 35.3 Å². The molecule has 1 rings (SSSR count). The van der Waals surface area contributed by atoms with E-state index in [1.54, 1.807) is 0 Å². The van der Waals surface area contributed by atoms with Crippen LogP contribution in [-0.4, -0.2) is 50.6 Å². The van der Waals surface area contributed by atoms with Gasteiger partial charge in [0.15, 0.2) is 5.96 Å². The van der Waals surface area contributed by atoms with Gasteiger partial charge in [0.1, 0.15) is 0 Å². The maximum Gasteiger partial charge on any atom is 0.191 e. The Labute approximate surface area is 136 Å². The molecular weight excluding hydrogens is 272 g/mol. The van der Waals surface area contributed by atoms with Gasteiger partial charge in [-0.3, -0.25) is 4.99 Å². The Kier molecular flexibility index (Phi) is 7.96. The fourth-order valence-corrected chi connectivity index (χ4v) is 2.12. The molecule has 0 saturated carbocycles. The molecule has 4 heteroatoms. The zero-order chi connectivity index (χ0) is 16.4. The van der Waals surface area contributed by atoms with Crippen molar-refractivity contribution in [3.8, 4) is 0 Å². The zero-order valence-corrected chi connectivity index (χ0v) is 14.8. The summed E-state index contributed by atoms with van der Waals surface area (Å²) < 4.78 is 0. The van der Waals surface area contributed by atoms with Crippen molar-refractivity contribution in [1.29, 1.82) is 0 Å². The molecule has 22 heavy (non-hydrogen) atoms. The summed E-state index contributed by atoms with van der Waals surface area (Å²) in [4.78, 5) is 7.04. The molecule has 0 aromatic heterocycles. The number of guanidine groups is 1. The standard InChI is InChI=1S/C18H32N4/c1-6-19-17(20-13-14-22(5)7-2)21-15-18(3,4)16-11-9-8-10-12-16/h8-12H,6-7,13-15H2,1-5H3,(H2,19,20,21). The summed E-state index contributed by atoms with van der Waals surface area (Å²) in [7, 11) is 2.13. The van der Waals surface area contributed by atoms with Gasteiger partial charge < -0.3 is 15.5 Å². The van der Waals surface area contributed by atoms with E-state index in [0.29, 0.717) is 0 Å². The largest absolute Gasteiger partial charge is 0.357 e. The van der Waals surface area contributed by atoms with E-state index < -0.39 is 0 Å². The van der Waals surface area contributed by atoms with Crippen molar-refractivity contribution in [3.63, 3.8) is 0 Å². The van der Waals surface area contributed by atoms with Gasteiger partial charge in [0.05, 0.1) is 6.54 Å². The van der Waals surface area contributed by atoms with Crippen molar-refractivity contribution in [2.75, 3.05) is 39.8 Å². The molecule has 0 aliphatic carbocycles. The molecule has 0 radical (unpaired) electrons. The van der Waals surface area contributed by atoms with E-state index in [4.69, 9.17) is 4.99 Å². The molecule has 0 heterocycles. The predicted octanol–water partition coefficient (Wildman–Crippen LogP) is 2.47. The third kappa shape index (κ3) is 6.48. The number of benzene rings is 1. The van der Waals surface area contributed by atoms with E-state index in [1.165, 1.54) is 5.56 Å². The van der Waals surface area contributed by atoms with Gasteiger partial charge >= 0.3 is 0 Å².